The van der Waals surface area contributed by atoms with Crippen LogP contribution in [0.3, 0.4) is 0 Å². The zero-order valence-corrected chi connectivity index (χ0v) is 14.1. The van der Waals surface area contributed by atoms with Crippen LogP contribution in [-0.2, 0) is 6.54 Å². The molecule has 2 rings (SSSR count). The number of nitrogens with one attached hydrogen (secondary N) is 1. The Morgan fingerprint density at radius 1 is 1.33 bits per heavy atom. The molecular formula is C15H21N3OS2. The molecule has 1 aromatic carbocycles. The number of thioether (sulfide) groups is 1. The Morgan fingerprint density at radius 2 is 2.05 bits per heavy atom. The summed E-state index contributed by atoms with van der Waals surface area (Å²) in [6.45, 7) is 6.84. The standard InChI is InChI=1S/C15H21N3OS2/c1-3-17(4-2)15(20)21-11-7-10-18-13-9-6-5-8-12(13)16-14(18)19/h5-6,8-9H,3-4,7,10-11H2,1-2H3,(H,16,19). The molecule has 0 bridgehead atoms. The first-order chi connectivity index (χ1) is 10.2. The van der Waals surface area contributed by atoms with Crippen LogP contribution < -0.4 is 5.69 Å². The van der Waals surface area contributed by atoms with Crippen molar-refractivity contribution in [1.82, 2.24) is 14.5 Å². The average Bonchev–Trinajstić information content (AvgIpc) is 2.80. The van der Waals surface area contributed by atoms with Gasteiger partial charge >= 0.3 is 5.69 Å². The van der Waals surface area contributed by atoms with E-state index in [1.165, 1.54) is 0 Å². The fourth-order valence-electron chi connectivity index (χ4n) is 2.28. The maximum absolute atomic E-state index is 11.9. The second kappa shape index (κ2) is 7.66. The number of H-pyrrole nitrogens is 1. The largest absolute Gasteiger partial charge is 0.358 e. The number of thiocarbonyl (C=S) groups is 1. The molecular weight excluding hydrogens is 302 g/mol. The monoisotopic (exact) mass is 323 g/mol. The van der Waals surface area contributed by atoms with E-state index in [0.717, 1.165) is 47.2 Å². The minimum absolute atomic E-state index is 0.0347. The highest BCUT2D eigenvalue weighted by Crippen LogP contribution is 2.13. The van der Waals surface area contributed by atoms with Crippen molar-refractivity contribution in [3.8, 4) is 0 Å². The molecule has 4 nitrogen and oxygen atoms in total. The third-order valence-corrected chi connectivity index (χ3v) is 5.06. The molecule has 0 fully saturated rings. The summed E-state index contributed by atoms with van der Waals surface area (Å²) in [7, 11) is 0. The highest BCUT2D eigenvalue weighted by molar-refractivity contribution is 8.22. The number of para-hydroxylation sites is 2. The van der Waals surface area contributed by atoms with Crippen molar-refractivity contribution in [3.05, 3.63) is 34.7 Å². The number of aryl methyl sites for hydroxylation is 1. The van der Waals surface area contributed by atoms with Gasteiger partial charge in [-0.3, -0.25) is 4.57 Å². The highest BCUT2D eigenvalue weighted by Gasteiger charge is 2.07. The Kier molecular flexibility index (Phi) is 5.87. The van der Waals surface area contributed by atoms with E-state index in [9.17, 15) is 4.79 Å². The minimum Gasteiger partial charge on any atom is -0.358 e. The van der Waals surface area contributed by atoms with Gasteiger partial charge in [-0.15, -0.1) is 0 Å². The molecule has 0 aliphatic carbocycles. The molecule has 2 aromatic rings. The van der Waals surface area contributed by atoms with Crippen molar-refractivity contribution in [2.24, 2.45) is 0 Å². The SMILES string of the molecule is CCN(CC)C(=S)SCCCn1c(=O)[nH]c2ccccc21. The Labute approximate surface area is 134 Å². The molecule has 0 aliphatic rings. The van der Waals surface area contributed by atoms with Gasteiger partial charge in [-0.25, -0.2) is 4.79 Å². The summed E-state index contributed by atoms with van der Waals surface area (Å²) < 4.78 is 2.75. The summed E-state index contributed by atoms with van der Waals surface area (Å²) in [5.74, 6) is 0.932. The van der Waals surface area contributed by atoms with E-state index in [-0.39, 0.29) is 5.69 Å². The van der Waals surface area contributed by atoms with E-state index in [1.807, 2.05) is 24.3 Å². The third kappa shape index (κ3) is 3.89. The lowest BCUT2D eigenvalue weighted by Crippen LogP contribution is -2.27. The molecule has 21 heavy (non-hydrogen) atoms. The van der Waals surface area contributed by atoms with Crippen LogP contribution >= 0.6 is 24.0 Å². The third-order valence-electron chi connectivity index (χ3n) is 3.45. The lowest BCUT2D eigenvalue weighted by atomic mass is 10.3. The Bertz CT molecular complexity index is 658. The van der Waals surface area contributed by atoms with E-state index in [2.05, 4.69) is 23.7 Å². The zero-order valence-electron chi connectivity index (χ0n) is 12.5. The highest BCUT2D eigenvalue weighted by atomic mass is 32.2. The van der Waals surface area contributed by atoms with Crippen LogP contribution in [0.2, 0.25) is 0 Å². The van der Waals surface area contributed by atoms with Gasteiger partial charge in [0, 0.05) is 25.4 Å². The molecule has 0 radical (unpaired) electrons. The maximum atomic E-state index is 11.9. The number of hydrogen-bond acceptors (Lipinski definition) is 3. The van der Waals surface area contributed by atoms with Crippen LogP contribution in [-0.4, -0.2) is 37.6 Å². The molecule has 0 atom stereocenters. The van der Waals surface area contributed by atoms with Crippen LogP contribution in [0.4, 0.5) is 0 Å². The molecule has 1 heterocycles. The number of fused-ring (bicyclic) bond motifs is 1. The molecule has 1 N–H and O–H groups in total. The van der Waals surface area contributed by atoms with Crippen molar-refractivity contribution in [3.63, 3.8) is 0 Å². The molecule has 1 aromatic heterocycles. The van der Waals surface area contributed by atoms with Gasteiger partial charge in [0.1, 0.15) is 4.32 Å². The van der Waals surface area contributed by atoms with Gasteiger partial charge in [-0.1, -0.05) is 36.1 Å². The van der Waals surface area contributed by atoms with Crippen molar-refractivity contribution >= 4 is 39.3 Å². The van der Waals surface area contributed by atoms with Gasteiger partial charge in [0.05, 0.1) is 11.0 Å². The summed E-state index contributed by atoms with van der Waals surface area (Å²) in [6.07, 6.45) is 0.924. The van der Waals surface area contributed by atoms with Crippen molar-refractivity contribution in [2.45, 2.75) is 26.8 Å². The second-order valence-electron chi connectivity index (χ2n) is 4.74. The topological polar surface area (TPSA) is 41.0 Å². The fourth-order valence-corrected chi connectivity index (χ4v) is 3.68. The number of hydrogen-bond donors (Lipinski definition) is 1. The van der Waals surface area contributed by atoms with Gasteiger partial charge in [-0.05, 0) is 32.4 Å². The smallest absolute Gasteiger partial charge is 0.326 e. The van der Waals surface area contributed by atoms with E-state index in [0.29, 0.717) is 0 Å². The maximum Gasteiger partial charge on any atom is 0.326 e. The van der Waals surface area contributed by atoms with Crippen molar-refractivity contribution < 1.29 is 0 Å². The lowest BCUT2D eigenvalue weighted by Gasteiger charge is -2.20. The molecule has 0 aliphatic heterocycles. The Hall–Kier alpha value is -1.27. The zero-order chi connectivity index (χ0) is 15.2. The van der Waals surface area contributed by atoms with Crippen LogP contribution in [0.25, 0.3) is 11.0 Å². The summed E-state index contributed by atoms with van der Waals surface area (Å²) in [4.78, 5) is 17.0. The Morgan fingerprint density at radius 3 is 2.76 bits per heavy atom. The molecule has 0 spiro atoms. The number of nitrogens with zero attached hydrogens (tertiary/aromatic N) is 2. The lowest BCUT2D eigenvalue weighted by molar-refractivity contribution is 0.482. The predicted octanol–water partition coefficient (Wildman–Crippen LogP) is 3.08. The van der Waals surface area contributed by atoms with Gasteiger partial charge in [0.2, 0.25) is 0 Å². The predicted molar refractivity (Wildman–Crippen MR) is 95.2 cm³/mol. The molecule has 0 saturated carbocycles. The summed E-state index contributed by atoms with van der Waals surface area (Å²) in [5, 5.41) is 0. The number of imidazole rings is 1. The normalized spacial score (nSPS) is 11.0. The minimum atomic E-state index is -0.0347. The number of aromatic amines is 1. The molecule has 114 valence electrons. The van der Waals surface area contributed by atoms with Crippen LogP contribution in [0.5, 0.6) is 0 Å². The first kappa shape index (κ1) is 16.1. The van der Waals surface area contributed by atoms with Crippen LogP contribution in [0.1, 0.15) is 20.3 Å². The van der Waals surface area contributed by atoms with Crippen molar-refractivity contribution in [1.29, 1.82) is 0 Å². The summed E-state index contributed by atoms with van der Waals surface area (Å²) in [5.41, 5.74) is 1.83. The first-order valence-corrected chi connectivity index (χ1v) is 8.66. The second-order valence-corrected chi connectivity index (χ2v) is 6.47. The molecule has 0 unspecified atom stereocenters. The average molecular weight is 323 g/mol. The number of aromatic nitrogens is 2. The van der Waals surface area contributed by atoms with Gasteiger partial charge in [0.15, 0.2) is 0 Å². The van der Waals surface area contributed by atoms with Gasteiger partial charge < -0.3 is 9.88 Å². The van der Waals surface area contributed by atoms with Gasteiger partial charge in [0.25, 0.3) is 0 Å². The van der Waals surface area contributed by atoms with Gasteiger partial charge in [-0.2, -0.15) is 0 Å². The summed E-state index contributed by atoms with van der Waals surface area (Å²) >= 11 is 7.10. The first-order valence-electron chi connectivity index (χ1n) is 7.26. The van der Waals surface area contributed by atoms with E-state index in [1.54, 1.807) is 16.3 Å². The molecule has 6 heteroatoms. The molecule has 0 saturated heterocycles. The molecule has 0 amide bonds. The Balaban J connectivity index is 1.90. The van der Waals surface area contributed by atoms with Crippen LogP contribution in [0.15, 0.2) is 29.1 Å². The van der Waals surface area contributed by atoms with Crippen LogP contribution in [0, 0.1) is 0 Å². The van der Waals surface area contributed by atoms with Crippen molar-refractivity contribution in [2.75, 3.05) is 18.8 Å². The number of rotatable bonds is 6. The van der Waals surface area contributed by atoms with E-state index < -0.39 is 0 Å². The van der Waals surface area contributed by atoms with E-state index >= 15 is 0 Å². The quantitative estimate of drug-likeness (QED) is 0.655. The number of benzene rings is 1. The summed E-state index contributed by atoms with van der Waals surface area (Å²) in [6, 6.07) is 7.79. The fraction of sp³-hybridized carbons (Fsp3) is 0.467. The van der Waals surface area contributed by atoms with E-state index in [4.69, 9.17) is 12.2 Å².